The Morgan fingerprint density at radius 2 is 1.83 bits per heavy atom. The van der Waals surface area contributed by atoms with Gasteiger partial charge in [0.25, 0.3) is 0 Å². The molecule has 2 rings (SSSR count). The smallest absolute Gasteiger partial charge is 0.250 e. The maximum atomic E-state index is 9.66. The summed E-state index contributed by atoms with van der Waals surface area (Å²) in [5, 5.41) is 13.2. The number of hydrogen-bond acceptors (Lipinski definition) is 4. The van der Waals surface area contributed by atoms with Crippen LogP contribution in [-0.4, -0.2) is 32.3 Å². The van der Waals surface area contributed by atoms with Crippen LogP contribution in [-0.2, 0) is 0 Å². The first-order chi connectivity index (χ1) is 11.0. The van der Waals surface area contributed by atoms with Gasteiger partial charge in [-0.25, -0.2) is 0 Å². The summed E-state index contributed by atoms with van der Waals surface area (Å²) in [5.41, 5.74) is 1.31. The number of nitrogens with one attached hydrogen (secondary N) is 1. The number of rotatable bonds is 4. The van der Waals surface area contributed by atoms with Crippen LogP contribution in [0.1, 0.15) is 27.7 Å². The summed E-state index contributed by atoms with van der Waals surface area (Å²) in [5.74, 6) is 0.897. The third-order valence-electron chi connectivity index (χ3n) is 5.16. The zero-order valence-electron chi connectivity index (χ0n) is 15.9. The molecular formula is C19H29N3OSi. The summed E-state index contributed by atoms with van der Waals surface area (Å²) in [4.78, 5) is 2.04. The number of hydrogen-bond donors (Lipinski definition) is 1. The van der Waals surface area contributed by atoms with Crippen molar-refractivity contribution in [3.8, 4) is 11.8 Å². The molecule has 1 heterocycles. The minimum Gasteiger partial charge on any atom is -0.544 e. The van der Waals surface area contributed by atoms with Crippen LogP contribution in [0, 0.1) is 11.3 Å². The zero-order chi connectivity index (χ0) is 18.2. The molecular weight excluding hydrogens is 314 g/mol. The van der Waals surface area contributed by atoms with E-state index in [-0.39, 0.29) is 5.04 Å². The Labute approximate surface area is 147 Å². The van der Waals surface area contributed by atoms with E-state index in [0.29, 0.717) is 6.54 Å². The predicted molar refractivity (Wildman–Crippen MR) is 103 cm³/mol. The van der Waals surface area contributed by atoms with Crippen LogP contribution in [0.4, 0.5) is 5.69 Å². The lowest BCUT2D eigenvalue weighted by Gasteiger charge is -2.36. The first-order valence-corrected chi connectivity index (χ1v) is 11.3. The molecule has 1 aliphatic rings. The summed E-state index contributed by atoms with van der Waals surface area (Å²) in [6.45, 7) is 13.8. The summed E-state index contributed by atoms with van der Waals surface area (Å²) in [6, 6.07) is 10.4. The largest absolute Gasteiger partial charge is 0.544 e. The van der Waals surface area contributed by atoms with Gasteiger partial charge >= 0.3 is 0 Å². The zero-order valence-corrected chi connectivity index (χ0v) is 16.9. The molecule has 0 spiro atoms. The van der Waals surface area contributed by atoms with Crippen molar-refractivity contribution < 1.29 is 4.43 Å². The van der Waals surface area contributed by atoms with Gasteiger partial charge in [-0.05, 0) is 54.9 Å². The van der Waals surface area contributed by atoms with Crippen LogP contribution >= 0.6 is 0 Å². The number of anilines is 1. The number of likely N-dealkylation sites (N-methyl/N-ethyl adjacent to an activating group) is 1. The van der Waals surface area contributed by atoms with E-state index < -0.39 is 13.9 Å². The van der Waals surface area contributed by atoms with Gasteiger partial charge in [0.1, 0.15) is 5.75 Å². The standard InChI is InChI=1S/C19H29N3OSi/c1-15-12-22(5)14-19(15,13-20)21-16-8-10-17(11-9-16)23-24(6,7)18(2,3)4/h8-12,21H,14H2,1-7H3. The number of benzene rings is 1. The summed E-state index contributed by atoms with van der Waals surface area (Å²) >= 11 is 0. The topological polar surface area (TPSA) is 48.3 Å². The Kier molecular flexibility index (Phi) is 4.74. The minimum absolute atomic E-state index is 0.172. The molecule has 1 N–H and O–H groups in total. The van der Waals surface area contributed by atoms with E-state index >= 15 is 0 Å². The van der Waals surface area contributed by atoms with E-state index in [9.17, 15) is 5.26 Å². The Balaban J connectivity index is 2.14. The summed E-state index contributed by atoms with van der Waals surface area (Å²) < 4.78 is 6.31. The van der Waals surface area contributed by atoms with Gasteiger partial charge in [0, 0.05) is 18.9 Å². The van der Waals surface area contributed by atoms with E-state index in [1.807, 2.05) is 49.3 Å². The van der Waals surface area contributed by atoms with Crippen molar-refractivity contribution in [2.24, 2.45) is 0 Å². The van der Waals surface area contributed by atoms with Crippen molar-refractivity contribution in [3.05, 3.63) is 36.0 Å². The molecule has 0 amide bonds. The lowest BCUT2D eigenvalue weighted by Crippen LogP contribution is -2.43. The molecule has 4 nitrogen and oxygen atoms in total. The molecule has 0 aromatic heterocycles. The fraction of sp³-hybridized carbons (Fsp3) is 0.526. The van der Waals surface area contributed by atoms with E-state index in [1.165, 1.54) is 0 Å². The molecule has 1 unspecified atom stereocenters. The Morgan fingerprint density at radius 3 is 2.25 bits per heavy atom. The highest BCUT2D eigenvalue weighted by Gasteiger charge is 2.39. The average Bonchev–Trinajstić information content (AvgIpc) is 2.74. The first kappa shape index (κ1) is 18.4. The third-order valence-corrected chi connectivity index (χ3v) is 9.51. The molecule has 24 heavy (non-hydrogen) atoms. The van der Waals surface area contributed by atoms with Crippen LogP contribution in [0.2, 0.25) is 18.1 Å². The molecule has 1 aromatic carbocycles. The van der Waals surface area contributed by atoms with Crippen LogP contribution in [0.25, 0.3) is 0 Å². The van der Waals surface area contributed by atoms with Gasteiger partial charge in [0.05, 0.1) is 12.6 Å². The molecule has 0 aliphatic carbocycles. The van der Waals surface area contributed by atoms with Crippen molar-refractivity contribution in [2.75, 3.05) is 18.9 Å². The quantitative estimate of drug-likeness (QED) is 0.812. The molecule has 5 heteroatoms. The van der Waals surface area contributed by atoms with E-state index in [0.717, 1.165) is 17.0 Å². The molecule has 1 atom stereocenters. The van der Waals surface area contributed by atoms with Crippen molar-refractivity contribution in [1.82, 2.24) is 4.90 Å². The molecule has 0 fully saturated rings. The first-order valence-electron chi connectivity index (χ1n) is 8.37. The van der Waals surface area contributed by atoms with Crippen LogP contribution in [0.5, 0.6) is 5.75 Å². The van der Waals surface area contributed by atoms with Crippen molar-refractivity contribution in [1.29, 1.82) is 5.26 Å². The molecule has 0 saturated heterocycles. The van der Waals surface area contributed by atoms with Gasteiger partial charge in [0.15, 0.2) is 5.54 Å². The van der Waals surface area contributed by atoms with E-state index in [4.69, 9.17) is 4.43 Å². The Morgan fingerprint density at radius 1 is 1.25 bits per heavy atom. The van der Waals surface area contributed by atoms with E-state index in [1.54, 1.807) is 0 Å². The second kappa shape index (κ2) is 6.17. The Hall–Kier alpha value is -1.93. The lowest BCUT2D eigenvalue weighted by atomic mass is 9.95. The van der Waals surface area contributed by atoms with Crippen LogP contribution < -0.4 is 9.74 Å². The summed E-state index contributed by atoms with van der Waals surface area (Å²) in [7, 11) is 0.157. The SMILES string of the molecule is CC1=CN(C)CC1(C#N)Nc1ccc(O[Si](C)(C)C(C)(C)C)cc1. The van der Waals surface area contributed by atoms with Crippen LogP contribution in [0.15, 0.2) is 36.0 Å². The number of nitriles is 1. The van der Waals surface area contributed by atoms with Gasteiger partial charge in [-0.2, -0.15) is 5.26 Å². The molecule has 0 radical (unpaired) electrons. The van der Waals surface area contributed by atoms with Crippen molar-refractivity contribution in [2.45, 2.75) is 51.4 Å². The molecule has 1 aromatic rings. The van der Waals surface area contributed by atoms with E-state index in [2.05, 4.69) is 45.3 Å². The molecule has 1 aliphatic heterocycles. The van der Waals surface area contributed by atoms with Crippen molar-refractivity contribution in [3.63, 3.8) is 0 Å². The molecule has 130 valence electrons. The van der Waals surface area contributed by atoms with Crippen molar-refractivity contribution >= 4 is 14.0 Å². The highest BCUT2D eigenvalue weighted by molar-refractivity contribution is 6.74. The molecule has 0 saturated carbocycles. The second-order valence-electron chi connectivity index (χ2n) is 8.26. The highest BCUT2D eigenvalue weighted by Crippen LogP contribution is 2.37. The lowest BCUT2D eigenvalue weighted by molar-refractivity contribution is 0.451. The Bertz CT molecular complexity index is 667. The third kappa shape index (κ3) is 3.59. The highest BCUT2D eigenvalue weighted by atomic mass is 28.4. The van der Waals surface area contributed by atoms with Gasteiger partial charge in [-0.1, -0.05) is 20.8 Å². The fourth-order valence-corrected chi connectivity index (χ4v) is 3.61. The summed E-state index contributed by atoms with van der Waals surface area (Å²) in [6.07, 6.45) is 2.02. The monoisotopic (exact) mass is 343 g/mol. The van der Waals surface area contributed by atoms with Gasteiger partial charge < -0.3 is 14.6 Å². The minimum atomic E-state index is -1.83. The van der Waals surface area contributed by atoms with Gasteiger partial charge in [-0.3, -0.25) is 0 Å². The maximum Gasteiger partial charge on any atom is 0.250 e. The number of nitrogens with zero attached hydrogens (tertiary/aromatic N) is 2. The normalized spacial score (nSPS) is 21.2. The second-order valence-corrected chi connectivity index (χ2v) is 13.0. The van der Waals surface area contributed by atoms with Crippen LogP contribution in [0.3, 0.4) is 0 Å². The average molecular weight is 344 g/mol. The fourth-order valence-electron chi connectivity index (χ4n) is 2.58. The molecule has 0 bridgehead atoms. The van der Waals surface area contributed by atoms with Gasteiger partial charge in [0.2, 0.25) is 8.32 Å². The van der Waals surface area contributed by atoms with Gasteiger partial charge in [-0.15, -0.1) is 0 Å². The maximum absolute atomic E-state index is 9.66. The predicted octanol–water partition coefficient (Wildman–Crippen LogP) is 4.59.